The highest BCUT2D eigenvalue weighted by molar-refractivity contribution is 5.57. The minimum absolute atomic E-state index is 0.362. The lowest BCUT2D eigenvalue weighted by atomic mass is 10.2. The van der Waals surface area contributed by atoms with Crippen LogP contribution in [-0.4, -0.2) is 29.3 Å². The van der Waals surface area contributed by atoms with Gasteiger partial charge in [-0.15, -0.1) is 0 Å². The highest BCUT2D eigenvalue weighted by Gasteiger charge is 2.18. The number of hydrogen-bond acceptors (Lipinski definition) is 4. The summed E-state index contributed by atoms with van der Waals surface area (Å²) in [7, 11) is 1.81. The van der Waals surface area contributed by atoms with E-state index in [4.69, 9.17) is 5.21 Å². The molecule has 4 nitrogen and oxygen atoms in total. The molecule has 1 atom stereocenters. The first-order valence-electron chi connectivity index (χ1n) is 4.07. The Morgan fingerprint density at radius 2 is 2.08 bits per heavy atom. The van der Waals surface area contributed by atoms with Gasteiger partial charge in [-0.05, 0) is 20.0 Å². The lowest BCUT2D eigenvalue weighted by Crippen LogP contribution is -2.38. The Hall–Kier alpha value is -0.870. The van der Waals surface area contributed by atoms with E-state index < -0.39 is 0 Å². The summed E-state index contributed by atoms with van der Waals surface area (Å²) < 4.78 is 0. The van der Waals surface area contributed by atoms with Crippen molar-refractivity contribution in [2.45, 2.75) is 26.4 Å². The fraction of sp³-hybridized carbons (Fsp3) is 0.625. The van der Waals surface area contributed by atoms with Gasteiger partial charge in [-0.25, -0.2) is 10.1 Å². The zero-order valence-corrected chi connectivity index (χ0v) is 8.07. The van der Waals surface area contributed by atoms with Crippen LogP contribution in [0.25, 0.3) is 0 Å². The van der Waals surface area contributed by atoms with Crippen LogP contribution in [0.15, 0.2) is 17.3 Å². The largest absolute Gasteiger partial charge is 0.293 e. The molecule has 1 heterocycles. The van der Waals surface area contributed by atoms with E-state index in [9.17, 15) is 0 Å². The summed E-state index contributed by atoms with van der Waals surface area (Å²) in [5, 5.41) is 12.7. The average Bonchev–Trinajstić information content (AvgIpc) is 2.14. The maximum Gasteiger partial charge on any atom is 0.129 e. The van der Waals surface area contributed by atoms with Crippen LogP contribution >= 0.6 is 0 Å². The molecule has 0 aromatic carbocycles. The highest BCUT2D eigenvalue weighted by Crippen LogP contribution is 2.09. The zero-order chi connectivity index (χ0) is 9.61. The number of nitrogens with one attached hydrogen (secondary N) is 1. The molecule has 0 spiro atoms. The summed E-state index contributed by atoms with van der Waals surface area (Å²) in [4.78, 5) is 4.01. The van der Waals surface area contributed by atoms with Crippen LogP contribution in [0, 0.1) is 0 Å². The van der Waals surface area contributed by atoms with Gasteiger partial charge in [-0.2, -0.15) is 0 Å². The van der Waals surface area contributed by atoms with Crippen molar-refractivity contribution in [1.82, 2.24) is 10.4 Å². The smallest absolute Gasteiger partial charge is 0.129 e. The van der Waals surface area contributed by atoms with Crippen molar-refractivity contribution in [2.75, 3.05) is 7.05 Å². The number of nitrogens with zero attached hydrogens (tertiary/aromatic N) is 2. The summed E-state index contributed by atoms with van der Waals surface area (Å²) in [6.07, 6.45) is 4.67. The van der Waals surface area contributed by atoms with Crippen molar-refractivity contribution in [3.63, 3.8) is 0 Å². The van der Waals surface area contributed by atoms with Gasteiger partial charge in [0.2, 0.25) is 0 Å². The average molecular weight is 171 g/mol. The third kappa shape index (κ3) is 3.02. The van der Waals surface area contributed by atoms with Crippen molar-refractivity contribution >= 4 is 6.34 Å². The van der Waals surface area contributed by atoms with Crippen LogP contribution in [0.3, 0.4) is 0 Å². The van der Waals surface area contributed by atoms with Crippen molar-refractivity contribution in [3.05, 3.63) is 12.3 Å². The van der Waals surface area contributed by atoms with Gasteiger partial charge in [0.1, 0.15) is 12.0 Å². The quantitative estimate of drug-likeness (QED) is 0.623. The fourth-order valence-electron chi connectivity index (χ4n) is 0.630. The Labute approximate surface area is 73.6 Å². The molecule has 70 valence electrons. The lowest BCUT2D eigenvalue weighted by molar-refractivity contribution is 0.0394. The minimum Gasteiger partial charge on any atom is -0.293 e. The molecule has 0 aromatic rings. The Morgan fingerprint density at radius 1 is 1.50 bits per heavy atom. The maximum absolute atomic E-state index is 8.81. The molecular weight excluding hydrogens is 154 g/mol. The fourth-order valence-corrected chi connectivity index (χ4v) is 0.630. The summed E-state index contributed by atoms with van der Waals surface area (Å²) in [6.45, 7) is 5.91. The molecular formula is C8H17N3O. The second kappa shape index (κ2) is 4.90. The van der Waals surface area contributed by atoms with E-state index in [0.29, 0.717) is 0 Å². The third-order valence-electron chi connectivity index (χ3n) is 1.50. The zero-order valence-electron chi connectivity index (χ0n) is 8.07. The van der Waals surface area contributed by atoms with Crippen LogP contribution in [0.2, 0.25) is 0 Å². The Bertz CT molecular complexity index is 163. The van der Waals surface area contributed by atoms with Crippen LogP contribution in [0.1, 0.15) is 20.8 Å². The molecule has 4 heteroatoms. The number of likely N-dealkylation sites (N-methyl/N-ethyl adjacent to an activating group) is 1. The number of hydrogen-bond donors (Lipinski definition) is 2. The lowest BCUT2D eigenvalue weighted by Gasteiger charge is -2.24. The predicted molar refractivity (Wildman–Crippen MR) is 50.1 cm³/mol. The maximum atomic E-state index is 8.81. The molecule has 0 aliphatic carbocycles. The molecule has 0 saturated carbocycles. The highest BCUT2D eigenvalue weighted by atomic mass is 16.5. The summed E-state index contributed by atoms with van der Waals surface area (Å²) in [5.41, 5.74) is -0.362. The molecule has 1 aliphatic heterocycles. The van der Waals surface area contributed by atoms with E-state index in [-0.39, 0.29) is 5.66 Å². The van der Waals surface area contributed by atoms with Crippen LogP contribution in [0.5, 0.6) is 0 Å². The predicted octanol–water partition coefficient (Wildman–Crippen LogP) is 1.19. The molecule has 0 amide bonds. The molecule has 0 bridgehead atoms. The van der Waals surface area contributed by atoms with E-state index in [0.717, 1.165) is 5.06 Å². The Kier molecular flexibility index (Phi) is 4.54. The van der Waals surface area contributed by atoms with Crippen molar-refractivity contribution < 1.29 is 5.21 Å². The van der Waals surface area contributed by atoms with Gasteiger partial charge in [0.25, 0.3) is 0 Å². The summed E-state index contributed by atoms with van der Waals surface area (Å²) in [5.74, 6) is 0. The van der Waals surface area contributed by atoms with E-state index in [1.807, 2.05) is 27.8 Å². The molecule has 12 heavy (non-hydrogen) atoms. The first-order chi connectivity index (χ1) is 5.66. The molecule has 0 saturated heterocycles. The number of hydroxylamine groups is 2. The van der Waals surface area contributed by atoms with E-state index in [2.05, 4.69) is 10.3 Å². The summed E-state index contributed by atoms with van der Waals surface area (Å²) >= 11 is 0. The third-order valence-corrected chi connectivity index (χ3v) is 1.50. The SMILES string of the molecule is CC.CNC1(C)C=CN(O)C=N1. The van der Waals surface area contributed by atoms with Crippen LogP contribution in [0.4, 0.5) is 0 Å². The molecule has 1 aliphatic rings. The Morgan fingerprint density at radius 3 is 2.42 bits per heavy atom. The van der Waals surface area contributed by atoms with Gasteiger partial charge in [-0.1, -0.05) is 13.8 Å². The van der Waals surface area contributed by atoms with E-state index in [1.165, 1.54) is 6.34 Å². The van der Waals surface area contributed by atoms with Crippen LogP contribution < -0.4 is 5.32 Å². The van der Waals surface area contributed by atoms with Crippen LogP contribution in [-0.2, 0) is 0 Å². The molecule has 2 N–H and O–H groups in total. The second-order valence-corrected chi connectivity index (χ2v) is 2.34. The molecule has 1 unspecified atom stereocenters. The van der Waals surface area contributed by atoms with Gasteiger partial charge in [0.15, 0.2) is 0 Å². The first kappa shape index (κ1) is 11.1. The monoisotopic (exact) mass is 171 g/mol. The van der Waals surface area contributed by atoms with Crippen molar-refractivity contribution in [1.29, 1.82) is 0 Å². The topological polar surface area (TPSA) is 47.9 Å². The first-order valence-corrected chi connectivity index (χ1v) is 4.07. The van der Waals surface area contributed by atoms with Gasteiger partial charge >= 0.3 is 0 Å². The number of rotatable bonds is 1. The normalized spacial score (nSPS) is 26.6. The summed E-state index contributed by atoms with van der Waals surface area (Å²) in [6, 6.07) is 0. The van der Waals surface area contributed by atoms with Crippen molar-refractivity contribution in [3.8, 4) is 0 Å². The molecule has 1 rings (SSSR count). The Balaban J connectivity index is 0.000000561. The van der Waals surface area contributed by atoms with E-state index in [1.54, 1.807) is 12.3 Å². The minimum atomic E-state index is -0.362. The van der Waals surface area contributed by atoms with Gasteiger partial charge in [0.05, 0.1) is 0 Å². The van der Waals surface area contributed by atoms with E-state index >= 15 is 0 Å². The standard InChI is InChI=1S/C6H11N3O.C2H6/c1-6(7-2)3-4-9(10)5-8-6;1-2/h3-5,7,10H,1-2H3;1-2H3. The van der Waals surface area contributed by atoms with Gasteiger partial charge < -0.3 is 0 Å². The molecule has 0 fully saturated rings. The molecule has 0 radical (unpaired) electrons. The van der Waals surface area contributed by atoms with Crippen molar-refractivity contribution in [2.24, 2.45) is 4.99 Å². The van der Waals surface area contributed by atoms with Gasteiger partial charge in [0, 0.05) is 6.20 Å². The van der Waals surface area contributed by atoms with Gasteiger partial charge in [-0.3, -0.25) is 10.5 Å². The number of aliphatic imine (C=N–C) groups is 1. The second-order valence-electron chi connectivity index (χ2n) is 2.34. The molecule has 0 aromatic heterocycles.